The molecule has 9 nitrogen and oxygen atoms in total. The van der Waals surface area contributed by atoms with Crippen LogP contribution < -0.4 is 28.2 Å². The molecule has 0 aliphatic heterocycles. The number of benzene rings is 2. The largest absolute Gasteiger partial charge is 0.370 e. The minimum absolute atomic E-state index is 0.0390. The van der Waals surface area contributed by atoms with E-state index in [0.717, 1.165) is 60.2 Å². The summed E-state index contributed by atoms with van der Waals surface area (Å²) in [5.41, 5.74) is 21.3. The van der Waals surface area contributed by atoms with Gasteiger partial charge in [0.1, 0.15) is 11.5 Å². The highest BCUT2D eigenvalue weighted by atomic mass is 35.5. The number of hydrogen-bond donors (Lipinski definition) is 5. The second-order valence-electron chi connectivity index (χ2n) is 15.6. The van der Waals surface area contributed by atoms with Crippen molar-refractivity contribution in [2.24, 2.45) is 28.1 Å². The third-order valence-corrected chi connectivity index (χ3v) is 9.85. The van der Waals surface area contributed by atoms with E-state index in [-0.39, 0.29) is 39.4 Å². The summed E-state index contributed by atoms with van der Waals surface area (Å²) in [4.78, 5) is 24.0. The van der Waals surface area contributed by atoms with Crippen molar-refractivity contribution in [2.75, 3.05) is 19.6 Å². The van der Waals surface area contributed by atoms with E-state index in [1.54, 1.807) is 4.57 Å². The Hall–Kier alpha value is -3.73. The van der Waals surface area contributed by atoms with Crippen LogP contribution in [-0.2, 0) is 10.8 Å². The van der Waals surface area contributed by atoms with E-state index in [9.17, 15) is 9.18 Å². The van der Waals surface area contributed by atoms with Crippen molar-refractivity contribution in [1.29, 1.82) is 0 Å². The Bertz CT molecular complexity index is 1810. The topological polar surface area (TPSA) is 153 Å². The third kappa shape index (κ3) is 10.2. The number of H-pyrrole nitrogens is 1. The molecular formula is C39H56ClFN8O. The van der Waals surface area contributed by atoms with Crippen molar-refractivity contribution >= 4 is 28.6 Å². The molecule has 1 atom stereocenters. The average molecular weight is 707 g/mol. The van der Waals surface area contributed by atoms with Gasteiger partial charge in [0.25, 0.3) is 0 Å². The molecule has 0 radical (unpaired) electrons. The first kappa shape index (κ1) is 39.1. The Labute approximate surface area is 301 Å². The number of rotatable bonds is 9. The van der Waals surface area contributed by atoms with Crippen LogP contribution in [0.1, 0.15) is 115 Å². The van der Waals surface area contributed by atoms with Gasteiger partial charge in [-0.15, -0.1) is 0 Å². The van der Waals surface area contributed by atoms with Crippen molar-refractivity contribution < 1.29 is 4.39 Å². The quantitative estimate of drug-likeness (QED) is 0.0698. The number of nitrogens with zero attached hydrogens (tertiary/aromatic N) is 3. The highest BCUT2D eigenvalue weighted by Crippen LogP contribution is 2.39. The molecule has 50 heavy (non-hydrogen) atoms. The maximum absolute atomic E-state index is 14.2. The van der Waals surface area contributed by atoms with Crippen LogP contribution >= 0.6 is 11.6 Å². The molecule has 1 saturated carbocycles. The van der Waals surface area contributed by atoms with Gasteiger partial charge in [-0.25, -0.2) is 9.18 Å². The molecule has 8 N–H and O–H groups in total. The predicted molar refractivity (Wildman–Crippen MR) is 206 cm³/mol. The maximum Gasteiger partial charge on any atom is 0.354 e. The van der Waals surface area contributed by atoms with E-state index in [1.807, 2.05) is 63.4 Å². The van der Waals surface area contributed by atoms with E-state index in [4.69, 9.17) is 28.8 Å². The van der Waals surface area contributed by atoms with Crippen LogP contribution in [0, 0.1) is 11.7 Å². The molecule has 2 heterocycles. The Morgan fingerprint density at radius 3 is 2.30 bits per heavy atom. The first-order valence-corrected chi connectivity index (χ1v) is 18.1. The number of aromatic amines is 1. The summed E-state index contributed by atoms with van der Waals surface area (Å²) in [6.07, 6.45) is 7.30. The zero-order valence-electron chi connectivity index (χ0n) is 30.7. The fourth-order valence-electron chi connectivity index (χ4n) is 6.35. The Kier molecular flexibility index (Phi) is 12.9. The van der Waals surface area contributed by atoms with Crippen LogP contribution in [0.2, 0.25) is 5.02 Å². The van der Waals surface area contributed by atoms with E-state index >= 15 is 0 Å². The molecule has 0 bridgehead atoms. The molecule has 1 fully saturated rings. The average Bonchev–Trinajstić information content (AvgIpc) is 3.49. The van der Waals surface area contributed by atoms with E-state index in [1.165, 1.54) is 18.4 Å². The number of nitrogens with two attached hydrogens (primary N) is 3. The molecule has 0 unspecified atom stereocenters. The number of aromatic nitrogens is 3. The first-order chi connectivity index (χ1) is 23.5. The van der Waals surface area contributed by atoms with Crippen molar-refractivity contribution in [2.45, 2.75) is 103 Å². The van der Waals surface area contributed by atoms with Gasteiger partial charge in [-0.1, -0.05) is 71.3 Å². The number of fused-ring (bicyclic) bond motifs is 1. The van der Waals surface area contributed by atoms with Crippen LogP contribution in [0.25, 0.3) is 16.7 Å². The van der Waals surface area contributed by atoms with Crippen LogP contribution in [0.15, 0.2) is 58.4 Å². The SMILES string of the molecule is CC(C)(C)c1cc(C2CCC(CN)CC2)cc(Cl)c1F.C[C@H](NCCCN=C(N)N)c1ccc(-n2cc3cc(C(C)(C)C)[nH]c3nc2=O)cc1. The number of aliphatic imine (C=N–C) groups is 1. The molecule has 1 aliphatic rings. The minimum atomic E-state index is -0.302. The second kappa shape index (κ2) is 16.5. The van der Waals surface area contributed by atoms with Gasteiger partial charge in [0, 0.05) is 35.3 Å². The molecular weight excluding hydrogens is 651 g/mol. The molecule has 1 aliphatic carbocycles. The molecule has 11 heteroatoms. The fraction of sp³-hybridized carbons (Fsp3) is 0.513. The van der Waals surface area contributed by atoms with Crippen molar-refractivity contribution in [1.82, 2.24) is 19.9 Å². The summed E-state index contributed by atoms with van der Waals surface area (Å²) in [6, 6.07) is 14.0. The predicted octanol–water partition coefficient (Wildman–Crippen LogP) is 7.33. The summed E-state index contributed by atoms with van der Waals surface area (Å²) < 4.78 is 15.8. The molecule has 0 spiro atoms. The number of guanidine groups is 1. The van der Waals surface area contributed by atoms with Gasteiger partial charge >= 0.3 is 5.69 Å². The van der Waals surface area contributed by atoms with E-state index < -0.39 is 0 Å². The summed E-state index contributed by atoms with van der Waals surface area (Å²) in [5, 5.41) is 4.62. The third-order valence-electron chi connectivity index (χ3n) is 9.58. The molecule has 0 saturated heterocycles. The Morgan fingerprint density at radius 2 is 1.72 bits per heavy atom. The monoisotopic (exact) mass is 706 g/mol. The van der Waals surface area contributed by atoms with Gasteiger partial charge in [-0.3, -0.25) is 9.56 Å². The highest BCUT2D eigenvalue weighted by Gasteiger charge is 2.26. The van der Waals surface area contributed by atoms with Crippen molar-refractivity contribution in [3.63, 3.8) is 0 Å². The lowest BCUT2D eigenvalue weighted by Crippen LogP contribution is -2.24. The number of hydrogen-bond acceptors (Lipinski definition) is 5. The van der Waals surface area contributed by atoms with Crippen molar-refractivity contribution in [3.05, 3.63) is 92.4 Å². The number of nitrogens with one attached hydrogen (secondary N) is 2. The summed E-state index contributed by atoms with van der Waals surface area (Å²) in [7, 11) is 0. The number of halogens is 2. The zero-order valence-corrected chi connectivity index (χ0v) is 31.5. The summed E-state index contributed by atoms with van der Waals surface area (Å²) in [6.45, 7) is 16.7. The van der Waals surface area contributed by atoms with Crippen LogP contribution in [0.3, 0.4) is 0 Å². The second-order valence-corrected chi connectivity index (χ2v) is 16.0. The smallest absolute Gasteiger partial charge is 0.354 e. The lowest BCUT2D eigenvalue weighted by molar-refractivity contribution is 0.332. The Balaban J connectivity index is 0.000000244. The van der Waals surface area contributed by atoms with Crippen LogP contribution in [0.5, 0.6) is 0 Å². The molecule has 5 rings (SSSR count). The lowest BCUT2D eigenvalue weighted by atomic mass is 9.77. The standard InChI is InChI=1S/C22H31N7O.C17H25ClFN/c1-14(25-10-5-11-26-20(23)24)15-6-8-17(9-7-15)29-13-16-12-18(22(2,3)4)27-19(16)28-21(29)30;1-17(2,3)14-8-13(9-15(18)16(14)19)12-6-4-11(10-20)5-7-12/h6-9,12-14,25H,5,10-11H2,1-4H3,(H4,23,24,26)(H,27,28,30);8-9,11-12H,4-7,10,20H2,1-3H3/t14-;/m0./s1. The van der Waals surface area contributed by atoms with E-state index in [0.29, 0.717) is 24.0 Å². The van der Waals surface area contributed by atoms with Gasteiger partial charge < -0.3 is 27.5 Å². The molecule has 2 aromatic heterocycles. The van der Waals surface area contributed by atoms with E-state index in [2.05, 4.69) is 54.0 Å². The van der Waals surface area contributed by atoms with Gasteiger partial charge in [-0.05, 0) is 110 Å². The van der Waals surface area contributed by atoms with Crippen LogP contribution in [0.4, 0.5) is 4.39 Å². The maximum atomic E-state index is 14.2. The highest BCUT2D eigenvalue weighted by molar-refractivity contribution is 6.30. The summed E-state index contributed by atoms with van der Waals surface area (Å²) in [5.74, 6) is 1.01. The summed E-state index contributed by atoms with van der Waals surface area (Å²) >= 11 is 6.11. The van der Waals surface area contributed by atoms with Gasteiger partial charge in [0.2, 0.25) is 0 Å². The van der Waals surface area contributed by atoms with Crippen molar-refractivity contribution in [3.8, 4) is 5.69 Å². The fourth-order valence-corrected chi connectivity index (χ4v) is 6.58. The minimum Gasteiger partial charge on any atom is -0.370 e. The molecule has 272 valence electrons. The molecule has 0 amide bonds. The van der Waals surface area contributed by atoms with Gasteiger partial charge in [-0.2, -0.15) is 4.98 Å². The lowest BCUT2D eigenvalue weighted by Gasteiger charge is -2.29. The van der Waals surface area contributed by atoms with Gasteiger partial charge in [0.05, 0.1) is 10.7 Å². The Morgan fingerprint density at radius 1 is 1.06 bits per heavy atom. The zero-order chi connectivity index (χ0) is 36.8. The normalized spacial score (nSPS) is 17.2. The van der Waals surface area contributed by atoms with Gasteiger partial charge in [0.15, 0.2) is 5.96 Å². The molecule has 2 aromatic carbocycles. The first-order valence-electron chi connectivity index (χ1n) is 17.7. The molecule has 4 aromatic rings. The van der Waals surface area contributed by atoms with Crippen LogP contribution in [-0.4, -0.2) is 40.1 Å².